The third kappa shape index (κ3) is 3.19. The van der Waals surface area contributed by atoms with Crippen LogP contribution in [0.2, 0.25) is 0 Å². The summed E-state index contributed by atoms with van der Waals surface area (Å²) in [6.45, 7) is 1.57. The number of piperidine rings is 1. The first-order chi connectivity index (χ1) is 14.6. The number of aromatic carboxylic acids is 1. The van der Waals surface area contributed by atoms with Crippen molar-refractivity contribution < 1.29 is 14.7 Å². The predicted octanol–water partition coefficient (Wildman–Crippen LogP) is 4.47. The molecule has 1 N–H and O–H groups in total. The smallest absolute Gasteiger partial charge is 0.356 e. The Morgan fingerprint density at radius 2 is 1.80 bits per heavy atom. The summed E-state index contributed by atoms with van der Waals surface area (Å²) in [5.41, 5.74) is 3.86. The van der Waals surface area contributed by atoms with E-state index < -0.39 is 5.97 Å². The highest BCUT2D eigenvalue weighted by Gasteiger charge is 2.29. The summed E-state index contributed by atoms with van der Waals surface area (Å²) in [5, 5.41) is 14.2. The van der Waals surface area contributed by atoms with Crippen LogP contribution >= 0.6 is 11.8 Å². The van der Waals surface area contributed by atoms with Gasteiger partial charge in [-0.3, -0.25) is 4.79 Å². The number of carbonyl (C=O) groups is 2. The third-order valence-corrected chi connectivity index (χ3v) is 6.78. The molecule has 3 heterocycles. The van der Waals surface area contributed by atoms with Crippen LogP contribution in [0.15, 0.2) is 53.4 Å². The molecule has 0 atom stereocenters. The number of aromatic nitrogens is 2. The fourth-order valence-electron chi connectivity index (χ4n) is 4.21. The van der Waals surface area contributed by atoms with E-state index in [0.717, 1.165) is 47.6 Å². The lowest BCUT2D eigenvalue weighted by Crippen LogP contribution is -2.35. The van der Waals surface area contributed by atoms with Crippen LogP contribution in [-0.4, -0.2) is 44.8 Å². The van der Waals surface area contributed by atoms with Gasteiger partial charge in [0.25, 0.3) is 5.91 Å². The van der Waals surface area contributed by atoms with Crippen molar-refractivity contribution >= 4 is 23.6 Å². The maximum Gasteiger partial charge on any atom is 0.356 e. The van der Waals surface area contributed by atoms with Gasteiger partial charge in [-0.15, -0.1) is 11.8 Å². The molecule has 3 aromatic rings. The molecule has 1 fully saturated rings. The Kier molecular flexibility index (Phi) is 4.83. The van der Waals surface area contributed by atoms with Crippen molar-refractivity contribution in [1.29, 1.82) is 0 Å². The van der Waals surface area contributed by atoms with Gasteiger partial charge in [-0.1, -0.05) is 24.3 Å². The van der Waals surface area contributed by atoms with Gasteiger partial charge in [0.1, 0.15) is 0 Å². The molecule has 5 rings (SSSR count). The summed E-state index contributed by atoms with van der Waals surface area (Å²) in [6.07, 6.45) is 3.24. The van der Waals surface area contributed by atoms with E-state index in [0.29, 0.717) is 17.0 Å². The lowest BCUT2D eigenvalue weighted by Gasteiger charge is -2.27. The van der Waals surface area contributed by atoms with Crippen molar-refractivity contribution in [2.75, 3.05) is 13.1 Å². The highest BCUT2D eigenvalue weighted by atomic mass is 32.2. The molecule has 0 saturated carbocycles. The van der Waals surface area contributed by atoms with Crippen LogP contribution in [0.5, 0.6) is 0 Å². The zero-order valence-corrected chi connectivity index (χ0v) is 17.2. The molecule has 1 amide bonds. The molecule has 0 radical (unpaired) electrons. The zero-order valence-electron chi connectivity index (χ0n) is 16.4. The van der Waals surface area contributed by atoms with Gasteiger partial charge in [0.15, 0.2) is 5.69 Å². The molecule has 2 aliphatic rings. The van der Waals surface area contributed by atoms with Crippen molar-refractivity contribution in [2.45, 2.75) is 29.9 Å². The van der Waals surface area contributed by atoms with Gasteiger partial charge < -0.3 is 10.0 Å². The summed E-state index contributed by atoms with van der Waals surface area (Å²) in [7, 11) is 0. The lowest BCUT2D eigenvalue weighted by atomic mass is 10.1. The van der Waals surface area contributed by atoms with Crippen molar-refractivity contribution in [2.24, 2.45) is 0 Å². The minimum absolute atomic E-state index is 0.0204. The number of thioether (sulfide) groups is 1. The van der Waals surface area contributed by atoms with Crippen molar-refractivity contribution in [1.82, 2.24) is 14.7 Å². The highest BCUT2D eigenvalue weighted by Crippen LogP contribution is 2.43. The molecule has 2 aromatic carbocycles. The average molecular weight is 420 g/mol. The first-order valence-corrected chi connectivity index (χ1v) is 11.1. The van der Waals surface area contributed by atoms with Crippen LogP contribution in [0, 0.1) is 0 Å². The molecule has 0 spiro atoms. The fourth-order valence-corrected chi connectivity index (χ4v) is 5.28. The SMILES string of the molecule is O=C(O)c1nn(-c2cccc(C(=O)N3CCCCC3)c2)c2c1CSc1ccccc1-2. The van der Waals surface area contributed by atoms with Crippen LogP contribution in [0.1, 0.15) is 45.7 Å². The summed E-state index contributed by atoms with van der Waals surface area (Å²) in [4.78, 5) is 27.8. The molecule has 7 heteroatoms. The number of benzene rings is 2. The Morgan fingerprint density at radius 1 is 1.00 bits per heavy atom. The number of carboxylic acid groups (broad SMARTS) is 1. The Morgan fingerprint density at radius 3 is 2.60 bits per heavy atom. The van der Waals surface area contributed by atoms with Gasteiger partial charge in [0, 0.05) is 40.4 Å². The van der Waals surface area contributed by atoms with E-state index in [2.05, 4.69) is 5.10 Å². The van der Waals surface area contributed by atoms with Crippen LogP contribution < -0.4 is 0 Å². The summed E-state index contributed by atoms with van der Waals surface area (Å²) < 4.78 is 1.68. The van der Waals surface area contributed by atoms with Crippen molar-refractivity contribution in [3.05, 3.63) is 65.4 Å². The second-order valence-electron chi connectivity index (χ2n) is 7.58. The maximum absolute atomic E-state index is 13.0. The summed E-state index contributed by atoms with van der Waals surface area (Å²) in [5.74, 6) is -0.460. The second-order valence-corrected chi connectivity index (χ2v) is 8.60. The topological polar surface area (TPSA) is 75.4 Å². The summed E-state index contributed by atoms with van der Waals surface area (Å²) in [6, 6.07) is 15.3. The van der Waals surface area contributed by atoms with E-state index in [9.17, 15) is 14.7 Å². The number of nitrogens with zero attached hydrogens (tertiary/aromatic N) is 3. The first kappa shape index (κ1) is 18.9. The number of carbonyl (C=O) groups excluding carboxylic acids is 1. The van der Waals surface area contributed by atoms with E-state index in [1.807, 2.05) is 53.4 Å². The van der Waals surface area contributed by atoms with Crippen LogP contribution in [-0.2, 0) is 5.75 Å². The molecule has 1 aromatic heterocycles. The number of fused-ring (bicyclic) bond motifs is 3. The van der Waals surface area contributed by atoms with Crippen LogP contribution in [0.4, 0.5) is 0 Å². The van der Waals surface area contributed by atoms with Crippen molar-refractivity contribution in [3.63, 3.8) is 0 Å². The van der Waals surface area contributed by atoms with Gasteiger partial charge in [-0.25, -0.2) is 9.48 Å². The van der Waals surface area contributed by atoms with E-state index >= 15 is 0 Å². The highest BCUT2D eigenvalue weighted by molar-refractivity contribution is 7.98. The first-order valence-electron chi connectivity index (χ1n) is 10.1. The molecule has 152 valence electrons. The molecule has 1 saturated heterocycles. The van der Waals surface area contributed by atoms with E-state index in [-0.39, 0.29) is 11.6 Å². The fraction of sp³-hybridized carbons (Fsp3) is 0.261. The molecule has 6 nitrogen and oxygen atoms in total. The maximum atomic E-state index is 13.0. The van der Waals surface area contributed by atoms with E-state index in [1.165, 1.54) is 6.42 Å². The Hall–Kier alpha value is -3.06. The molecular formula is C23H21N3O3S. The predicted molar refractivity (Wildman–Crippen MR) is 115 cm³/mol. The number of hydrogen-bond donors (Lipinski definition) is 1. The van der Waals surface area contributed by atoms with Gasteiger partial charge >= 0.3 is 5.97 Å². The minimum atomic E-state index is -1.04. The summed E-state index contributed by atoms with van der Waals surface area (Å²) >= 11 is 1.62. The van der Waals surface area contributed by atoms with Crippen molar-refractivity contribution in [3.8, 4) is 16.9 Å². The van der Waals surface area contributed by atoms with E-state index in [1.54, 1.807) is 16.4 Å². The molecule has 0 bridgehead atoms. The third-order valence-electron chi connectivity index (χ3n) is 5.68. The monoisotopic (exact) mass is 419 g/mol. The van der Waals surface area contributed by atoms with Gasteiger partial charge in [0.05, 0.1) is 11.4 Å². The molecule has 0 unspecified atom stereocenters. The average Bonchev–Trinajstić information content (AvgIpc) is 3.20. The van der Waals surface area contributed by atoms with E-state index in [4.69, 9.17) is 0 Å². The largest absolute Gasteiger partial charge is 0.476 e. The molecule has 30 heavy (non-hydrogen) atoms. The Labute approximate surface area is 178 Å². The van der Waals surface area contributed by atoms with Crippen LogP contribution in [0.3, 0.4) is 0 Å². The zero-order chi connectivity index (χ0) is 20.7. The molecular weight excluding hydrogens is 398 g/mol. The standard InChI is InChI=1S/C23H21N3O3S/c27-22(25-11-4-1-5-12-25)15-7-6-8-16(13-15)26-21-17-9-2-3-10-19(17)30-14-18(21)20(24-26)23(28)29/h2-3,6-10,13H,1,4-5,11-12,14H2,(H,28,29). The quantitative estimate of drug-likeness (QED) is 0.678. The number of carboxylic acids is 1. The van der Waals surface area contributed by atoms with Gasteiger partial charge in [-0.05, 0) is 43.5 Å². The Balaban J connectivity index is 1.62. The number of hydrogen-bond acceptors (Lipinski definition) is 4. The normalized spacial score (nSPS) is 15.4. The number of likely N-dealkylation sites (tertiary alicyclic amines) is 1. The molecule has 2 aliphatic heterocycles. The van der Waals surface area contributed by atoms with Gasteiger partial charge in [-0.2, -0.15) is 5.10 Å². The van der Waals surface area contributed by atoms with Crippen LogP contribution in [0.25, 0.3) is 16.9 Å². The second kappa shape index (κ2) is 7.65. The Bertz CT molecular complexity index is 1150. The lowest BCUT2D eigenvalue weighted by molar-refractivity contribution is 0.0686. The number of amides is 1. The van der Waals surface area contributed by atoms with Gasteiger partial charge in [0.2, 0.25) is 0 Å². The minimum Gasteiger partial charge on any atom is -0.476 e. The number of rotatable bonds is 3. The molecule has 0 aliphatic carbocycles.